The van der Waals surface area contributed by atoms with Crippen molar-refractivity contribution in [3.8, 4) is 0 Å². The van der Waals surface area contributed by atoms with E-state index >= 15 is 0 Å². The van der Waals surface area contributed by atoms with Crippen LogP contribution in [0.4, 0.5) is 0 Å². The first-order valence-electron chi connectivity index (χ1n) is 5.95. The highest BCUT2D eigenvalue weighted by Crippen LogP contribution is 2.32. The van der Waals surface area contributed by atoms with Gasteiger partial charge in [0.15, 0.2) is 5.82 Å². The fourth-order valence-electron chi connectivity index (χ4n) is 2.31. The predicted molar refractivity (Wildman–Crippen MR) is 60.9 cm³/mol. The normalized spacial score (nSPS) is 22.1. The Morgan fingerprint density at radius 3 is 3.06 bits per heavy atom. The summed E-state index contributed by atoms with van der Waals surface area (Å²) in [6, 6.07) is 0.852. The number of nitrogens with one attached hydrogen (secondary N) is 1. The van der Waals surface area contributed by atoms with Crippen molar-refractivity contribution in [1.29, 1.82) is 0 Å². The van der Waals surface area contributed by atoms with E-state index in [-0.39, 0.29) is 0 Å². The molecule has 5 heteroatoms. The summed E-state index contributed by atoms with van der Waals surface area (Å²) in [6.45, 7) is 6.22. The van der Waals surface area contributed by atoms with Crippen LogP contribution in [-0.4, -0.2) is 34.7 Å². The molecule has 1 atom stereocenters. The van der Waals surface area contributed by atoms with E-state index in [1.165, 1.54) is 6.42 Å². The first-order chi connectivity index (χ1) is 7.72. The van der Waals surface area contributed by atoms with Crippen molar-refractivity contribution in [3.05, 3.63) is 11.7 Å². The quantitative estimate of drug-likeness (QED) is 0.836. The summed E-state index contributed by atoms with van der Waals surface area (Å²) in [5, 5.41) is 6.99. The highest BCUT2D eigenvalue weighted by atomic mass is 16.5. The van der Waals surface area contributed by atoms with Gasteiger partial charge in [-0.3, -0.25) is 4.90 Å². The Morgan fingerprint density at radius 2 is 2.38 bits per heavy atom. The van der Waals surface area contributed by atoms with Crippen LogP contribution in [0.1, 0.15) is 44.4 Å². The summed E-state index contributed by atoms with van der Waals surface area (Å²) in [6.07, 6.45) is 2.34. The standard InChI is InChI=1S/C11H20N4O/c1-8(2)15-6-4-5-9(15)11-13-10(7-12-3)14-16-11/h8-9,12H,4-7H2,1-3H3. The Hall–Kier alpha value is -0.940. The molecule has 1 aromatic rings. The highest BCUT2D eigenvalue weighted by molar-refractivity contribution is 4.97. The number of hydrogen-bond donors (Lipinski definition) is 1. The van der Waals surface area contributed by atoms with E-state index in [0.717, 1.165) is 24.7 Å². The SMILES string of the molecule is CNCc1noc(C2CCCN2C(C)C)n1. The molecule has 0 saturated carbocycles. The van der Waals surface area contributed by atoms with E-state index < -0.39 is 0 Å². The van der Waals surface area contributed by atoms with Gasteiger partial charge in [0.1, 0.15) is 0 Å². The first kappa shape index (κ1) is 11.5. The van der Waals surface area contributed by atoms with Crippen molar-refractivity contribution in [2.24, 2.45) is 0 Å². The lowest BCUT2D eigenvalue weighted by Crippen LogP contribution is -2.30. The minimum absolute atomic E-state index is 0.318. The van der Waals surface area contributed by atoms with E-state index in [0.29, 0.717) is 18.6 Å². The molecule has 0 aromatic carbocycles. The summed E-state index contributed by atoms with van der Waals surface area (Å²) < 4.78 is 5.34. The number of likely N-dealkylation sites (tertiary alicyclic amines) is 1. The van der Waals surface area contributed by atoms with Crippen molar-refractivity contribution in [3.63, 3.8) is 0 Å². The van der Waals surface area contributed by atoms with Gasteiger partial charge in [0.25, 0.3) is 0 Å². The zero-order valence-corrected chi connectivity index (χ0v) is 10.2. The third kappa shape index (κ3) is 2.25. The molecule has 16 heavy (non-hydrogen) atoms. The number of nitrogens with zero attached hydrogens (tertiary/aromatic N) is 3. The number of rotatable bonds is 4. The molecule has 1 aliphatic heterocycles. The average Bonchev–Trinajstić information content (AvgIpc) is 2.83. The Bertz CT molecular complexity index is 336. The van der Waals surface area contributed by atoms with Gasteiger partial charge in [0, 0.05) is 6.04 Å². The topological polar surface area (TPSA) is 54.2 Å². The predicted octanol–water partition coefficient (Wildman–Crippen LogP) is 1.33. The maximum atomic E-state index is 5.34. The Balaban J connectivity index is 2.10. The van der Waals surface area contributed by atoms with E-state index in [1.54, 1.807) is 0 Å². The maximum Gasteiger partial charge on any atom is 0.244 e. The van der Waals surface area contributed by atoms with Gasteiger partial charge in [0.2, 0.25) is 5.89 Å². The molecular weight excluding hydrogens is 204 g/mol. The van der Waals surface area contributed by atoms with Gasteiger partial charge >= 0.3 is 0 Å². The van der Waals surface area contributed by atoms with E-state index in [1.807, 2.05) is 7.05 Å². The van der Waals surface area contributed by atoms with E-state index in [2.05, 4.69) is 34.2 Å². The van der Waals surface area contributed by atoms with Gasteiger partial charge in [-0.05, 0) is 40.3 Å². The number of hydrogen-bond acceptors (Lipinski definition) is 5. The third-order valence-corrected chi connectivity index (χ3v) is 3.06. The Morgan fingerprint density at radius 1 is 1.56 bits per heavy atom. The van der Waals surface area contributed by atoms with Crippen molar-refractivity contribution in [2.45, 2.75) is 45.3 Å². The largest absolute Gasteiger partial charge is 0.338 e. The molecule has 2 rings (SSSR count). The third-order valence-electron chi connectivity index (χ3n) is 3.06. The lowest BCUT2D eigenvalue weighted by Gasteiger charge is -2.25. The second-order valence-electron chi connectivity index (χ2n) is 4.57. The van der Waals surface area contributed by atoms with Crippen molar-refractivity contribution < 1.29 is 4.52 Å². The molecule has 1 saturated heterocycles. The molecule has 90 valence electrons. The maximum absolute atomic E-state index is 5.34. The van der Waals surface area contributed by atoms with Crippen LogP contribution in [0, 0.1) is 0 Å². The molecule has 1 unspecified atom stereocenters. The van der Waals surface area contributed by atoms with Crippen LogP contribution in [0.25, 0.3) is 0 Å². The fourth-order valence-corrected chi connectivity index (χ4v) is 2.31. The molecule has 1 aliphatic rings. The summed E-state index contributed by atoms with van der Waals surface area (Å²) >= 11 is 0. The van der Waals surface area contributed by atoms with Crippen LogP contribution < -0.4 is 5.32 Å². The van der Waals surface area contributed by atoms with Crippen LogP contribution in [-0.2, 0) is 6.54 Å². The van der Waals surface area contributed by atoms with Crippen LogP contribution in [0.15, 0.2) is 4.52 Å². The molecule has 1 fully saturated rings. The summed E-state index contributed by atoms with van der Waals surface area (Å²) in [5.74, 6) is 1.52. The van der Waals surface area contributed by atoms with Gasteiger partial charge < -0.3 is 9.84 Å². The van der Waals surface area contributed by atoms with Gasteiger partial charge in [0.05, 0.1) is 12.6 Å². The van der Waals surface area contributed by atoms with Crippen LogP contribution in [0.2, 0.25) is 0 Å². The molecule has 0 bridgehead atoms. The van der Waals surface area contributed by atoms with Crippen molar-refractivity contribution >= 4 is 0 Å². The molecule has 0 aliphatic carbocycles. The minimum atomic E-state index is 0.318. The van der Waals surface area contributed by atoms with Crippen LogP contribution >= 0.6 is 0 Å². The smallest absolute Gasteiger partial charge is 0.244 e. The minimum Gasteiger partial charge on any atom is -0.338 e. The zero-order valence-electron chi connectivity index (χ0n) is 10.2. The van der Waals surface area contributed by atoms with Crippen LogP contribution in [0.3, 0.4) is 0 Å². The lowest BCUT2D eigenvalue weighted by molar-refractivity contribution is 0.170. The van der Waals surface area contributed by atoms with Gasteiger partial charge in [-0.15, -0.1) is 0 Å². The van der Waals surface area contributed by atoms with Gasteiger partial charge in [-0.2, -0.15) is 4.98 Å². The highest BCUT2D eigenvalue weighted by Gasteiger charge is 2.31. The monoisotopic (exact) mass is 224 g/mol. The number of aromatic nitrogens is 2. The van der Waals surface area contributed by atoms with E-state index in [4.69, 9.17) is 4.52 Å². The Kier molecular flexibility index (Phi) is 3.56. The summed E-state index contributed by atoms with van der Waals surface area (Å²) in [4.78, 5) is 6.86. The summed E-state index contributed by atoms with van der Waals surface area (Å²) in [7, 11) is 1.88. The molecular formula is C11H20N4O. The van der Waals surface area contributed by atoms with Crippen molar-refractivity contribution in [2.75, 3.05) is 13.6 Å². The second-order valence-corrected chi connectivity index (χ2v) is 4.57. The lowest BCUT2D eigenvalue weighted by atomic mass is 10.2. The first-order valence-corrected chi connectivity index (χ1v) is 5.95. The van der Waals surface area contributed by atoms with Crippen molar-refractivity contribution in [1.82, 2.24) is 20.4 Å². The molecule has 0 amide bonds. The zero-order chi connectivity index (χ0) is 11.5. The summed E-state index contributed by atoms with van der Waals surface area (Å²) in [5.41, 5.74) is 0. The Labute approximate surface area is 96.2 Å². The molecule has 1 aromatic heterocycles. The fraction of sp³-hybridized carbons (Fsp3) is 0.818. The molecule has 0 radical (unpaired) electrons. The molecule has 2 heterocycles. The molecule has 0 spiro atoms. The van der Waals surface area contributed by atoms with Crippen LogP contribution in [0.5, 0.6) is 0 Å². The van der Waals surface area contributed by atoms with Gasteiger partial charge in [-0.25, -0.2) is 0 Å². The second kappa shape index (κ2) is 4.93. The van der Waals surface area contributed by atoms with E-state index in [9.17, 15) is 0 Å². The molecule has 5 nitrogen and oxygen atoms in total. The average molecular weight is 224 g/mol. The molecule has 1 N–H and O–H groups in total. The van der Waals surface area contributed by atoms with Gasteiger partial charge in [-0.1, -0.05) is 5.16 Å².